The molecule has 0 bridgehead atoms. The molecule has 0 aromatic heterocycles. The minimum atomic E-state index is -0.205. The van der Waals surface area contributed by atoms with E-state index < -0.39 is 0 Å². The van der Waals surface area contributed by atoms with Gasteiger partial charge >= 0.3 is 0 Å². The summed E-state index contributed by atoms with van der Waals surface area (Å²) in [5, 5.41) is 0.728. The van der Waals surface area contributed by atoms with Crippen LogP contribution in [0.1, 0.15) is 31.0 Å². The fraction of sp³-hybridized carbons (Fsp3) is 0.294. The summed E-state index contributed by atoms with van der Waals surface area (Å²) in [4.78, 5) is 2.34. The summed E-state index contributed by atoms with van der Waals surface area (Å²) < 4.78 is 13.1. The zero-order valence-electron chi connectivity index (χ0n) is 11.8. The molecule has 2 aromatic carbocycles. The van der Waals surface area contributed by atoms with E-state index in [9.17, 15) is 4.39 Å². The molecule has 0 fully saturated rings. The van der Waals surface area contributed by atoms with Crippen molar-refractivity contribution in [1.29, 1.82) is 0 Å². The Morgan fingerprint density at radius 3 is 1.80 bits per heavy atom. The quantitative estimate of drug-likeness (QED) is 0.756. The van der Waals surface area contributed by atoms with Crippen molar-refractivity contribution in [3.05, 3.63) is 70.5 Å². The summed E-state index contributed by atoms with van der Waals surface area (Å²) in [6.07, 6.45) is 0. The van der Waals surface area contributed by atoms with Crippen molar-refractivity contribution in [2.24, 2.45) is 0 Å². The fourth-order valence-electron chi connectivity index (χ4n) is 2.49. The van der Waals surface area contributed by atoms with Gasteiger partial charge < -0.3 is 0 Å². The van der Waals surface area contributed by atoms with E-state index in [1.165, 1.54) is 17.7 Å². The minimum absolute atomic E-state index is 0.128. The fourth-order valence-corrected chi connectivity index (χ4v) is 2.62. The predicted octanol–water partition coefficient (Wildman–Crippen LogP) is 4.91. The van der Waals surface area contributed by atoms with Crippen LogP contribution < -0.4 is 0 Å². The second-order valence-electron chi connectivity index (χ2n) is 4.73. The molecule has 0 spiro atoms. The molecule has 2 aromatic rings. The molecule has 1 atom stereocenters. The first-order chi connectivity index (χ1) is 9.65. The summed E-state index contributed by atoms with van der Waals surface area (Å²) in [7, 11) is 0. The summed E-state index contributed by atoms with van der Waals surface area (Å²) in [6.45, 7) is 6.13. The summed E-state index contributed by atoms with van der Waals surface area (Å²) in [6, 6.07) is 14.7. The third-order valence-electron chi connectivity index (χ3n) is 3.55. The Morgan fingerprint density at radius 1 is 0.900 bits per heavy atom. The first-order valence-electron chi connectivity index (χ1n) is 6.90. The Kier molecular flexibility index (Phi) is 5.16. The van der Waals surface area contributed by atoms with Gasteiger partial charge in [0.1, 0.15) is 5.82 Å². The van der Waals surface area contributed by atoms with Crippen molar-refractivity contribution in [1.82, 2.24) is 4.90 Å². The number of benzene rings is 2. The monoisotopic (exact) mass is 291 g/mol. The van der Waals surface area contributed by atoms with Crippen molar-refractivity contribution < 1.29 is 4.39 Å². The Bertz CT molecular complexity index is 486. The lowest BCUT2D eigenvalue weighted by atomic mass is 9.97. The van der Waals surface area contributed by atoms with E-state index in [1.807, 2.05) is 36.4 Å². The second-order valence-corrected chi connectivity index (χ2v) is 5.16. The average molecular weight is 292 g/mol. The molecular formula is C17H19ClFN. The SMILES string of the molecule is CCN(CC)C(c1ccc(F)cc1)c1ccc(Cl)cc1. The molecule has 0 aliphatic carbocycles. The first kappa shape index (κ1) is 15.0. The van der Waals surface area contributed by atoms with Gasteiger partial charge in [-0.05, 0) is 48.5 Å². The summed E-state index contributed by atoms with van der Waals surface area (Å²) >= 11 is 5.97. The average Bonchev–Trinajstić information content (AvgIpc) is 2.47. The van der Waals surface area contributed by atoms with Gasteiger partial charge in [-0.15, -0.1) is 0 Å². The van der Waals surface area contributed by atoms with Crippen molar-refractivity contribution in [3.63, 3.8) is 0 Å². The van der Waals surface area contributed by atoms with Gasteiger partial charge in [-0.3, -0.25) is 4.90 Å². The Balaban J connectivity index is 2.43. The molecule has 0 amide bonds. The number of hydrogen-bond acceptors (Lipinski definition) is 1. The maximum Gasteiger partial charge on any atom is 0.123 e. The van der Waals surface area contributed by atoms with Crippen LogP contribution >= 0.6 is 11.6 Å². The molecule has 0 saturated heterocycles. The molecule has 20 heavy (non-hydrogen) atoms. The maximum absolute atomic E-state index is 13.1. The highest BCUT2D eigenvalue weighted by atomic mass is 35.5. The standard InChI is InChI=1S/C17H19ClFN/c1-3-20(4-2)17(13-5-9-15(18)10-6-13)14-7-11-16(19)12-8-14/h5-12,17H,3-4H2,1-2H3. The van der Waals surface area contributed by atoms with Crippen LogP contribution in [0.25, 0.3) is 0 Å². The highest BCUT2D eigenvalue weighted by molar-refractivity contribution is 6.30. The maximum atomic E-state index is 13.1. The smallest absolute Gasteiger partial charge is 0.123 e. The van der Waals surface area contributed by atoms with Crippen LogP contribution in [0.3, 0.4) is 0 Å². The Labute approximate surface area is 125 Å². The van der Waals surface area contributed by atoms with E-state index in [4.69, 9.17) is 11.6 Å². The molecule has 0 saturated carbocycles. The lowest BCUT2D eigenvalue weighted by Gasteiger charge is -2.30. The number of rotatable bonds is 5. The molecule has 0 N–H and O–H groups in total. The molecule has 2 rings (SSSR count). The number of nitrogens with zero attached hydrogens (tertiary/aromatic N) is 1. The molecule has 106 valence electrons. The molecular weight excluding hydrogens is 273 g/mol. The van der Waals surface area contributed by atoms with Crippen LogP contribution in [0, 0.1) is 5.82 Å². The zero-order valence-corrected chi connectivity index (χ0v) is 12.6. The summed E-state index contributed by atoms with van der Waals surface area (Å²) in [5.74, 6) is -0.205. The van der Waals surface area contributed by atoms with Gasteiger partial charge in [-0.2, -0.15) is 0 Å². The van der Waals surface area contributed by atoms with Crippen LogP contribution in [0.2, 0.25) is 5.02 Å². The first-order valence-corrected chi connectivity index (χ1v) is 7.28. The number of hydrogen-bond donors (Lipinski definition) is 0. The van der Waals surface area contributed by atoms with Crippen LogP contribution in [0.15, 0.2) is 48.5 Å². The van der Waals surface area contributed by atoms with Crippen molar-refractivity contribution in [2.45, 2.75) is 19.9 Å². The van der Waals surface area contributed by atoms with E-state index in [2.05, 4.69) is 18.7 Å². The van der Waals surface area contributed by atoms with Gasteiger partial charge in [0.15, 0.2) is 0 Å². The summed E-state index contributed by atoms with van der Waals surface area (Å²) in [5.41, 5.74) is 2.27. The normalized spacial score (nSPS) is 12.7. The topological polar surface area (TPSA) is 3.24 Å². The van der Waals surface area contributed by atoms with Crippen LogP contribution in [0.4, 0.5) is 4.39 Å². The highest BCUT2D eigenvalue weighted by Gasteiger charge is 2.19. The van der Waals surface area contributed by atoms with Crippen molar-refractivity contribution in [2.75, 3.05) is 13.1 Å². The minimum Gasteiger partial charge on any atom is -0.293 e. The van der Waals surface area contributed by atoms with Gasteiger partial charge in [0, 0.05) is 5.02 Å². The van der Waals surface area contributed by atoms with E-state index in [1.54, 1.807) is 0 Å². The lowest BCUT2D eigenvalue weighted by Crippen LogP contribution is -2.29. The lowest BCUT2D eigenvalue weighted by molar-refractivity contribution is 0.250. The van der Waals surface area contributed by atoms with E-state index in [0.717, 1.165) is 23.7 Å². The zero-order chi connectivity index (χ0) is 14.5. The van der Waals surface area contributed by atoms with E-state index in [-0.39, 0.29) is 11.9 Å². The molecule has 0 aliphatic heterocycles. The Morgan fingerprint density at radius 2 is 1.35 bits per heavy atom. The van der Waals surface area contributed by atoms with Gasteiger partial charge in [0.2, 0.25) is 0 Å². The molecule has 0 aliphatic rings. The van der Waals surface area contributed by atoms with Gasteiger partial charge in [-0.25, -0.2) is 4.39 Å². The third-order valence-corrected chi connectivity index (χ3v) is 3.80. The van der Waals surface area contributed by atoms with Gasteiger partial charge in [-0.1, -0.05) is 49.7 Å². The second kappa shape index (κ2) is 6.87. The third kappa shape index (κ3) is 3.38. The molecule has 3 heteroatoms. The van der Waals surface area contributed by atoms with Crippen LogP contribution in [0.5, 0.6) is 0 Å². The van der Waals surface area contributed by atoms with Crippen molar-refractivity contribution >= 4 is 11.6 Å². The van der Waals surface area contributed by atoms with E-state index in [0.29, 0.717) is 0 Å². The highest BCUT2D eigenvalue weighted by Crippen LogP contribution is 2.29. The van der Waals surface area contributed by atoms with Gasteiger partial charge in [0.25, 0.3) is 0 Å². The largest absolute Gasteiger partial charge is 0.293 e. The van der Waals surface area contributed by atoms with Crippen LogP contribution in [-0.2, 0) is 0 Å². The molecule has 1 unspecified atom stereocenters. The van der Waals surface area contributed by atoms with Gasteiger partial charge in [0.05, 0.1) is 6.04 Å². The Hall–Kier alpha value is -1.38. The number of halogens is 2. The molecule has 0 radical (unpaired) electrons. The van der Waals surface area contributed by atoms with Crippen molar-refractivity contribution in [3.8, 4) is 0 Å². The molecule has 1 nitrogen and oxygen atoms in total. The molecule has 0 heterocycles. The van der Waals surface area contributed by atoms with Crippen LogP contribution in [-0.4, -0.2) is 18.0 Å². The predicted molar refractivity (Wildman–Crippen MR) is 82.6 cm³/mol. The van der Waals surface area contributed by atoms with E-state index >= 15 is 0 Å².